The normalized spacial score (nSPS) is 25.8. The third-order valence-corrected chi connectivity index (χ3v) is 9.13. The number of hydrogen-bond acceptors (Lipinski definition) is 7. The third kappa shape index (κ3) is 7.53. The van der Waals surface area contributed by atoms with E-state index in [0.29, 0.717) is 38.3 Å². The Morgan fingerprint density at radius 1 is 1.06 bits per heavy atom. The minimum absolute atomic E-state index is 0.0114. The van der Waals surface area contributed by atoms with Crippen molar-refractivity contribution >= 4 is 22.0 Å². The summed E-state index contributed by atoms with van der Waals surface area (Å²) in [7, 11) is -2.35. The number of carbonyl (C=O) groups excluding carboxylic acids is 2. The molecule has 11 heteroatoms. The van der Waals surface area contributed by atoms with Crippen molar-refractivity contribution in [2.75, 3.05) is 52.2 Å². The lowest BCUT2D eigenvalue weighted by atomic mass is 9.99. The van der Waals surface area contributed by atoms with Crippen molar-refractivity contribution in [1.29, 1.82) is 0 Å². The summed E-state index contributed by atoms with van der Waals surface area (Å²) in [6.07, 6.45) is 6.25. The standard InChI is InChI=1S/C23H42N4O6S/c1-3-4-15-34(30,31)27-16-19(5-6-21(27)22(28)32-2)25-23(29)26-13-9-20(10-14-26)33-17-18-7-11-24-12-8-18/h18-21,24H,3-17H2,1-2H3,(H,25,29)/t19-,21-/m0/s1. The minimum Gasteiger partial charge on any atom is -0.468 e. The summed E-state index contributed by atoms with van der Waals surface area (Å²) in [6, 6.07) is -1.34. The Morgan fingerprint density at radius 2 is 1.76 bits per heavy atom. The first-order valence-electron chi connectivity index (χ1n) is 12.8. The molecule has 2 amide bonds. The molecule has 0 radical (unpaired) electrons. The zero-order valence-electron chi connectivity index (χ0n) is 20.7. The molecule has 2 N–H and O–H groups in total. The molecule has 2 atom stereocenters. The fourth-order valence-corrected chi connectivity index (χ4v) is 6.87. The molecule has 0 bridgehead atoms. The van der Waals surface area contributed by atoms with Crippen LogP contribution < -0.4 is 10.6 Å². The van der Waals surface area contributed by atoms with Gasteiger partial charge in [0.1, 0.15) is 6.04 Å². The summed E-state index contributed by atoms with van der Waals surface area (Å²) in [4.78, 5) is 26.9. The lowest BCUT2D eigenvalue weighted by Crippen LogP contribution is -2.58. The van der Waals surface area contributed by atoms with Crippen molar-refractivity contribution in [3.8, 4) is 0 Å². The maximum absolute atomic E-state index is 12.9. The van der Waals surface area contributed by atoms with Gasteiger partial charge in [-0.1, -0.05) is 13.3 Å². The van der Waals surface area contributed by atoms with Crippen LogP contribution in [0.2, 0.25) is 0 Å². The van der Waals surface area contributed by atoms with Gasteiger partial charge in [0.15, 0.2) is 0 Å². The lowest BCUT2D eigenvalue weighted by Gasteiger charge is -2.39. The van der Waals surface area contributed by atoms with Crippen LogP contribution in [0.3, 0.4) is 0 Å². The van der Waals surface area contributed by atoms with E-state index in [4.69, 9.17) is 9.47 Å². The molecule has 196 valence electrons. The second-order valence-electron chi connectivity index (χ2n) is 9.72. The van der Waals surface area contributed by atoms with Gasteiger partial charge in [0.2, 0.25) is 10.0 Å². The number of unbranched alkanes of at least 4 members (excludes halogenated alkanes) is 1. The van der Waals surface area contributed by atoms with Crippen molar-refractivity contribution in [1.82, 2.24) is 19.8 Å². The monoisotopic (exact) mass is 502 g/mol. The van der Waals surface area contributed by atoms with Gasteiger partial charge in [-0.2, -0.15) is 4.31 Å². The zero-order valence-corrected chi connectivity index (χ0v) is 21.5. The van der Waals surface area contributed by atoms with Crippen LogP contribution in [0.15, 0.2) is 0 Å². The van der Waals surface area contributed by atoms with E-state index in [2.05, 4.69) is 10.6 Å². The van der Waals surface area contributed by atoms with Crippen LogP contribution in [0.4, 0.5) is 4.79 Å². The molecule has 3 aliphatic rings. The molecule has 0 unspecified atom stereocenters. The largest absolute Gasteiger partial charge is 0.468 e. The Balaban J connectivity index is 1.48. The van der Waals surface area contributed by atoms with E-state index in [9.17, 15) is 18.0 Å². The molecule has 0 aromatic heterocycles. The maximum Gasteiger partial charge on any atom is 0.324 e. The molecule has 0 aliphatic carbocycles. The number of hydrogen-bond donors (Lipinski definition) is 2. The molecule has 3 saturated heterocycles. The fraction of sp³-hybridized carbons (Fsp3) is 0.913. The van der Waals surface area contributed by atoms with Gasteiger partial charge >= 0.3 is 12.0 Å². The lowest BCUT2D eigenvalue weighted by molar-refractivity contribution is -0.146. The fourth-order valence-electron chi connectivity index (χ4n) is 4.99. The number of ether oxygens (including phenoxy) is 2. The quantitative estimate of drug-likeness (QED) is 0.457. The Hall–Kier alpha value is -1.43. The molecule has 3 heterocycles. The van der Waals surface area contributed by atoms with Gasteiger partial charge in [-0.15, -0.1) is 0 Å². The first-order chi connectivity index (χ1) is 16.3. The van der Waals surface area contributed by atoms with Gasteiger partial charge in [0.05, 0.1) is 19.0 Å². The summed E-state index contributed by atoms with van der Waals surface area (Å²) in [5, 5.41) is 6.37. The minimum atomic E-state index is -3.62. The van der Waals surface area contributed by atoms with E-state index in [-0.39, 0.29) is 30.5 Å². The van der Waals surface area contributed by atoms with Gasteiger partial charge in [0, 0.05) is 32.3 Å². The Kier molecular flexibility index (Phi) is 10.4. The number of nitrogens with one attached hydrogen (secondary N) is 2. The number of esters is 1. The third-order valence-electron chi connectivity index (χ3n) is 7.21. The summed E-state index contributed by atoms with van der Waals surface area (Å²) in [5.74, 6) is 0.0679. The van der Waals surface area contributed by atoms with E-state index in [1.165, 1.54) is 11.4 Å². The van der Waals surface area contributed by atoms with Gasteiger partial charge in [-0.05, 0) is 64.0 Å². The summed E-state index contributed by atoms with van der Waals surface area (Å²) in [6.45, 7) is 6.18. The summed E-state index contributed by atoms with van der Waals surface area (Å²) in [5.41, 5.74) is 0. The van der Waals surface area contributed by atoms with Crippen LogP contribution in [-0.2, 0) is 24.3 Å². The van der Waals surface area contributed by atoms with Gasteiger partial charge in [-0.25, -0.2) is 13.2 Å². The van der Waals surface area contributed by atoms with Gasteiger partial charge in [-0.3, -0.25) is 4.79 Å². The molecular weight excluding hydrogens is 460 g/mol. The van der Waals surface area contributed by atoms with Crippen molar-refractivity contribution in [3.63, 3.8) is 0 Å². The molecule has 3 fully saturated rings. The molecule has 0 saturated carbocycles. The molecular formula is C23H42N4O6S. The van der Waals surface area contributed by atoms with Crippen LogP contribution in [-0.4, -0.2) is 100 Å². The molecule has 0 aromatic carbocycles. The SMILES string of the molecule is CCCCS(=O)(=O)N1C[C@@H](NC(=O)N2CCC(OCC3CCNCC3)CC2)CC[C@H]1C(=O)OC. The molecule has 10 nitrogen and oxygen atoms in total. The molecule has 3 rings (SSSR count). The van der Waals surface area contributed by atoms with Crippen LogP contribution in [0, 0.1) is 5.92 Å². The Morgan fingerprint density at radius 3 is 2.41 bits per heavy atom. The first kappa shape index (κ1) is 27.2. The highest BCUT2D eigenvalue weighted by atomic mass is 32.2. The van der Waals surface area contributed by atoms with Crippen molar-refractivity contribution in [3.05, 3.63) is 0 Å². The number of carbonyl (C=O) groups is 2. The number of nitrogens with zero attached hydrogens (tertiary/aromatic N) is 2. The topological polar surface area (TPSA) is 117 Å². The molecule has 0 spiro atoms. The Bertz CT molecular complexity index is 765. The smallest absolute Gasteiger partial charge is 0.324 e. The van der Waals surface area contributed by atoms with Crippen molar-refractivity contribution < 1.29 is 27.5 Å². The van der Waals surface area contributed by atoms with E-state index >= 15 is 0 Å². The second-order valence-corrected chi connectivity index (χ2v) is 11.8. The summed E-state index contributed by atoms with van der Waals surface area (Å²) < 4.78 is 38.0. The molecule has 34 heavy (non-hydrogen) atoms. The number of urea groups is 1. The van der Waals surface area contributed by atoms with E-state index in [0.717, 1.165) is 51.8 Å². The number of methoxy groups -OCH3 is 1. The molecule has 0 aromatic rings. The number of rotatable bonds is 9. The Labute approximate surface area is 204 Å². The van der Waals surface area contributed by atoms with Gasteiger partial charge in [0.25, 0.3) is 0 Å². The highest BCUT2D eigenvalue weighted by Gasteiger charge is 2.41. The van der Waals surface area contributed by atoms with Crippen LogP contribution >= 0.6 is 0 Å². The predicted octanol–water partition coefficient (Wildman–Crippen LogP) is 1.31. The predicted molar refractivity (Wildman–Crippen MR) is 129 cm³/mol. The van der Waals surface area contributed by atoms with Crippen LogP contribution in [0.5, 0.6) is 0 Å². The van der Waals surface area contributed by atoms with E-state index in [1.54, 1.807) is 4.90 Å². The number of sulfonamides is 1. The van der Waals surface area contributed by atoms with Gasteiger partial charge < -0.3 is 25.0 Å². The number of likely N-dealkylation sites (tertiary alicyclic amines) is 1. The average Bonchev–Trinajstić information content (AvgIpc) is 2.86. The first-order valence-corrected chi connectivity index (χ1v) is 14.4. The summed E-state index contributed by atoms with van der Waals surface area (Å²) >= 11 is 0. The van der Waals surface area contributed by atoms with Crippen LogP contribution in [0.25, 0.3) is 0 Å². The average molecular weight is 503 g/mol. The number of amides is 2. The highest BCUT2D eigenvalue weighted by molar-refractivity contribution is 7.89. The van der Waals surface area contributed by atoms with E-state index < -0.39 is 22.0 Å². The zero-order chi connectivity index (χ0) is 24.6. The van der Waals surface area contributed by atoms with Crippen molar-refractivity contribution in [2.45, 2.75) is 76.5 Å². The maximum atomic E-state index is 12.9. The van der Waals surface area contributed by atoms with Crippen molar-refractivity contribution in [2.24, 2.45) is 5.92 Å². The second kappa shape index (κ2) is 13.0. The molecule has 3 aliphatic heterocycles. The van der Waals surface area contributed by atoms with Crippen LogP contribution in [0.1, 0.15) is 58.3 Å². The number of piperidine rings is 3. The highest BCUT2D eigenvalue weighted by Crippen LogP contribution is 2.24. The van der Waals surface area contributed by atoms with E-state index in [1.807, 2.05) is 6.92 Å².